The van der Waals surface area contributed by atoms with Crippen molar-refractivity contribution >= 4 is 7.82 Å². The van der Waals surface area contributed by atoms with Gasteiger partial charge in [-0.05, 0) is 212 Å². The summed E-state index contributed by atoms with van der Waals surface area (Å²) in [5.41, 5.74) is 15.6. The topological polar surface area (TPSA) is 149 Å². The lowest BCUT2D eigenvalue weighted by Gasteiger charge is -2.41. The van der Waals surface area contributed by atoms with Gasteiger partial charge in [0.05, 0.1) is 13.2 Å². The van der Waals surface area contributed by atoms with E-state index in [1.807, 2.05) is 6.92 Å². The maximum absolute atomic E-state index is 12.3. The van der Waals surface area contributed by atoms with E-state index in [9.17, 15) is 29.9 Å². The lowest BCUT2D eigenvalue weighted by Crippen LogP contribution is -2.59. The van der Waals surface area contributed by atoms with E-state index in [1.165, 1.54) is 68.6 Å². The first-order chi connectivity index (χ1) is 33.6. The van der Waals surface area contributed by atoms with E-state index in [-0.39, 0.29) is 6.61 Å². The molecule has 0 saturated carbocycles. The minimum Gasteiger partial charge on any atom is -0.756 e. The molecule has 1 fully saturated rings. The van der Waals surface area contributed by atoms with Gasteiger partial charge in [-0.2, -0.15) is 0 Å². The molecule has 0 aromatic rings. The molecule has 4 N–H and O–H groups in total. The number of phosphoric ester groups is 1. The van der Waals surface area contributed by atoms with Gasteiger partial charge in [0, 0.05) is 0 Å². The predicted molar refractivity (Wildman–Crippen MR) is 298 cm³/mol. The molecule has 2 unspecified atom stereocenters. The largest absolute Gasteiger partial charge is 0.756 e. The van der Waals surface area contributed by atoms with Crippen LogP contribution in [0.3, 0.4) is 0 Å². The van der Waals surface area contributed by atoms with Crippen molar-refractivity contribution in [3.63, 3.8) is 0 Å². The van der Waals surface area contributed by atoms with Crippen molar-refractivity contribution in [2.24, 2.45) is 0 Å². The van der Waals surface area contributed by atoms with Crippen LogP contribution in [0.1, 0.15) is 212 Å². The van der Waals surface area contributed by atoms with Gasteiger partial charge in [-0.25, -0.2) is 0 Å². The molecule has 0 spiro atoms. The molecule has 1 aliphatic heterocycles. The number of allylic oxidation sites excluding steroid dienone is 21. The van der Waals surface area contributed by atoms with Gasteiger partial charge in [-0.3, -0.25) is 9.09 Å². The molecule has 0 aromatic heterocycles. The Kier molecular flexibility index (Phi) is 35.9. The van der Waals surface area contributed by atoms with Gasteiger partial charge < -0.3 is 34.6 Å². The second-order valence-corrected chi connectivity index (χ2v) is 22.1. The van der Waals surface area contributed by atoms with E-state index in [0.717, 1.165) is 121 Å². The monoisotopic (exact) mass is 1010 g/mol. The molecule has 9 nitrogen and oxygen atoms in total. The van der Waals surface area contributed by atoms with E-state index in [4.69, 9.17) is 13.8 Å². The van der Waals surface area contributed by atoms with Gasteiger partial charge in [-0.1, -0.05) is 128 Å². The Balaban J connectivity index is 2.26. The van der Waals surface area contributed by atoms with Gasteiger partial charge >= 0.3 is 0 Å². The van der Waals surface area contributed by atoms with Gasteiger partial charge in [0.25, 0.3) is 7.82 Å². The Bertz CT molecular complexity index is 1930. The van der Waals surface area contributed by atoms with Crippen molar-refractivity contribution in [1.29, 1.82) is 0 Å². The maximum Gasteiger partial charge on any atom is 0.270 e. The molecule has 0 aliphatic carbocycles. The molecular weight excluding hydrogens is 908 g/mol. The third-order valence-electron chi connectivity index (χ3n) is 13.1. The summed E-state index contributed by atoms with van der Waals surface area (Å²) < 4.78 is 27.0. The fourth-order valence-electron chi connectivity index (χ4n) is 8.11. The highest BCUT2D eigenvalue weighted by atomic mass is 31.2. The van der Waals surface area contributed by atoms with Crippen LogP contribution in [0.25, 0.3) is 0 Å². The van der Waals surface area contributed by atoms with Crippen LogP contribution >= 0.6 is 7.82 Å². The van der Waals surface area contributed by atoms with Crippen LogP contribution in [-0.2, 0) is 18.3 Å². The normalized spacial score (nSPS) is 21.8. The summed E-state index contributed by atoms with van der Waals surface area (Å²) in [4.78, 5) is 12.3. The van der Waals surface area contributed by atoms with Gasteiger partial charge in [0.15, 0.2) is 6.29 Å². The molecule has 0 amide bonds. The molecule has 1 rings (SSSR count). The average Bonchev–Trinajstić information content (AvgIpc) is 3.29. The summed E-state index contributed by atoms with van der Waals surface area (Å²) in [5, 5.41) is 39.0. The highest BCUT2D eigenvalue weighted by molar-refractivity contribution is 7.45. The maximum atomic E-state index is 12.3. The van der Waals surface area contributed by atoms with Crippen LogP contribution < -0.4 is 4.89 Å². The summed E-state index contributed by atoms with van der Waals surface area (Å²) >= 11 is 0. The predicted octanol–water partition coefficient (Wildman–Crippen LogP) is 15.5. The van der Waals surface area contributed by atoms with E-state index in [0.29, 0.717) is 0 Å². The fourth-order valence-corrected chi connectivity index (χ4v) is 8.86. The first kappa shape index (κ1) is 66.1. The lowest BCUT2D eigenvalue weighted by atomic mass is 10.00. The minimum atomic E-state index is -4.92. The first-order valence-corrected chi connectivity index (χ1v) is 28.2. The summed E-state index contributed by atoms with van der Waals surface area (Å²) in [6.45, 7) is 25.6. The second-order valence-electron chi connectivity index (χ2n) is 20.7. The molecule has 1 heterocycles. The lowest BCUT2D eigenvalue weighted by molar-refractivity contribution is -0.304. The van der Waals surface area contributed by atoms with Crippen LogP contribution in [0.2, 0.25) is 0 Å². The third-order valence-corrected chi connectivity index (χ3v) is 14.1. The van der Waals surface area contributed by atoms with Crippen LogP contribution in [0, 0.1) is 0 Å². The van der Waals surface area contributed by atoms with Crippen molar-refractivity contribution < 1.29 is 43.7 Å². The van der Waals surface area contributed by atoms with Crippen molar-refractivity contribution in [1.82, 2.24) is 0 Å². The molecule has 10 heteroatoms. The summed E-state index contributed by atoms with van der Waals surface area (Å²) in [5.74, 6) is 0. The highest BCUT2D eigenvalue weighted by Gasteiger charge is 2.45. The van der Waals surface area contributed by atoms with E-state index in [1.54, 1.807) is 6.08 Å². The SMILES string of the molecule is CC(C)=CCC/C(C)=C/CC/C(C)=C/CC/C(C)=C/CC/C(C)=C/CC/C(C)=C/CC/C(C)=C/CC/C(C)=C/CC/C(C)=C/CC/C(C)=C/CC/C(C)=C/COP(=O)([O-])OC1O[C@H](CO)[C@@H](O)[C@H](O)[C@@H]1O. The molecule has 1 saturated heterocycles. The molecule has 71 heavy (non-hydrogen) atoms. The molecule has 0 aromatic carbocycles. The summed E-state index contributed by atoms with van der Waals surface area (Å²) in [6, 6.07) is 0. The van der Waals surface area contributed by atoms with Crippen LogP contribution in [0.4, 0.5) is 0 Å². The zero-order valence-corrected chi connectivity index (χ0v) is 47.5. The van der Waals surface area contributed by atoms with Crippen molar-refractivity contribution in [2.75, 3.05) is 13.2 Å². The number of hydrogen-bond acceptors (Lipinski definition) is 9. The van der Waals surface area contributed by atoms with Gasteiger partial charge in [0.2, 0.25) is 0 Å². The molecule has 1 aliphatic rings. The first-order valence-electron chi connectivity index (χ1n) is 26.8. The Labute approximate surface area is 433 Å². The number of rotatable bonds is 36. The molecule has 0 radical (unpaired) electrons. The summed E-state index contributed by atoms with van der Waals surface area (Å²) in [6.07, 6.45) is 38.8. The smallest absolute Gasteiger partial charge is 0.270 e. The summed E-state index contributed by atoms with van der Waals surface area (Å²) in [7, 11) is -4.92. The molecular formula is C61H100O9P-. The Hall–Kier alpha value is -2.95. The number of hydrogen-bond donors (Lipinski definition) is 4. The Morgan fingerprint density at radius 1 is 0.423 bits per heavy atom. The third kappa shape index (κ3) is 34.2. The van der Waals surface area contributed by atoms with Crippen LogP contribution in [0.15, 0.2) is 128 Å². The Morgan fingerprint density at radius 3 is 0.930 bits per heavy atom. The van der Waals surface area contributed by atoms with Gasteiger partial charge in [0.1, 0.15) is 24.4 Å². The van der Waals surface area contributed by atoms with Crippen molar-refractivity contribution in [3.05, 3.63) is 128 Å². The van der Waals surface area contributed by atoms with E-state index in [2.05, 4.69) is 137 Å². The van der Waals surface area contributed by atoms with E-state index < -0.39 is 45.1 Å². The molecule has 6 atom stereocenters. The number of ether oxygens (including phenoxy) is 1. The standard InChI is InChI=1S/C61H101O9P/c1-46(2)23-13-24-47(3)25-14-26-48(4)27-15-28-49(5)29-16-30-50(6)31-17-32-51(7)33-18-34-52(8)35-19-36-53(9)37-20-38-54(10)39-21-40-55(11)41-22-42-56(12)43-44-68-71(66,67)70-61-60(65)59(64)58(63)57(45-62)69-61/h23,25,27,29,31,33,35,37,39,41,43,57-65H,13-22,24,26,28,30,32,34,36,38,40,42,44-45H2,1-12H3,(H,66,67)/p-1/b47-25+,48-27+,49-29+,50-31+,51-33+,52-35+,53-37+,54-39+,55-41+,56-43+/t57-,58-,59+,60+,61?/m1/s1. The van der Waals surface area contributed by atoms with Crippen LogP contribution in [-0.4, -0.2) is 64.3 Å². The zero-order valence-electron chi connectivity index (χ0n) is 46.6. The number of aliphatic hydroxyl groups is 4. The second kappa shape index (κ2) is 38.6. The molecule has 404 valence electrons. The van der Waals surface area contributed by atoms with Gasteiger partial charge in [-0.15, -0.1) is 0 Å². The fraction of sp³-hybridized carbons (Fsp3) is 0.639. The average molecular weight is 1010 g/mol. The minimum absolute atomic E-state index is 0.269. The Morgan fingerprint density at radius 2 is 0.676 bits per heavy atom. The zero-order chi connectivity index (χ0) is 53.2. The van der Waals surface area contributed by atoms with Crippen molar-refractivity contribution in [3.8, 4) is 0 Å². The van der Waals surface area contributed by atoms with Crippen molar-refractivity contribution in [2.45, 2.75) is 242 Å². The molecule has 0 bridgehead atoms. The van der Waals surface area contributed by atoms with Crippen LogP contribution in [0.5, 0.6) is 0 Å². The highest BCUT2D eigenvalue weighted by Crippen LogP contribution is 2.42. The number of aliphatic hydroxyl groups excluding tert-OH is 4. The quantitative estimate of drug-likeness (QED) is 0.0355. The number of phosphoric acid groups is 1. The van der Waals surface area contributed by atoms with E-state index >= 15 is 0 Å².